The number of nitrogens with one attached hydrogen (secondary N) is 2. The molecule has 2 aromatic heterocycles. The van der Waals surface area contributed by atoms with Gasteiger partial charge in [0, 0.05) is 92.8 Å². The molecule has 0 aliphatic carbocycles. The molecule has 2 aromatic carbocycles. The third-order valence-electron chi connectivity index (χ3n) is 16.2. The topological polar surface area (TPSA) is 142 Å². The molecule has 1 spiro atoms. The summed E-state index contributed by atoms with van der Waals surface area (Å²) in [5.74, 6) is 5.13. The van der Waals surface area contributed by atoms with Crippen LogP contribution in [-0.2, 0) is 48.0 Å². The number of hydrazine groups is 1. The highest BCUT2D eigenvalue weighted by molar-refractivity contribution is 5.96. The predicted octanol–water partition coefficient (Wildman–Crippen LogP) is 7.18. The van der Waals surface area contributed by atoms with Gasteiger partial charge in [-0.2, -0.15) is 0 Å². The van der Waals surface area contributed by atoms with E-state index < -0.39 is 29.5 Å². The summed E-state index contributed by atoms with van der Waals surface area (Å²) < 4.78 is 14.4. The Bertz CT molecular complexity index is 2770. The van der Waals surface area contributed by atoms with Crippen LogP contribution < -0.4 is 10.7 Å². The number of carbonyl (C=O) groups is 4. The molecule has 5 aliphatic heterocycles. The number of aryl methyl sites for hydroxylation is 1. The average molecular weight is 981 g/mol. The number of cyclic esters (lactones) is 1. The lowest BCUT2D eigenvalue weighted by molar-refractivity contribution is -0.155. The van der Waals surface area contributed by atoms with Crippen molar-refractivity contribution in [2.75, 3.05) is 59.5 Å². The number of esters is 1. The van der Waals surface area contributed by atoms with Crippen molar-refractivity contribution in [2.45, 2.75) is 137 Å². The summed E-state index contributed by atoms with van der Waals surface area (Å²) in [5, 5.41) is 5.91. The van der Waals surface area contributed by atoms with Crippen LogP contribution in [-0.4, -0.2) is 136 Å². The standard InChI is InChI=1S/C58H76N8O6/c1-10-65-48-20-19-42-33-44(48)45(52(65)43-17-12-25-59-50(43)39(4)71-9)34-56(5,6)37-72-55(70)46-18-13-28-66(61-46)54(69)47(32-40-15-11-16-41(42)31-40)60-53(68)51(38(2)3)63-30-24-58(36-63)23-29-62(35-58)49(67)21-22-57(7,8)64-26-14-27-64/h11-12,15-17,19-20,25,31,33,38-39,46-47,51,61H,10,13-14,18,23-24,26-30,32,34-37H2,1-9H3,(H,60,68)/t39-,46-,47-,51-,58-/m0/s1. The van der Waals surface area contributed by atoms with Crippen molar-refractivity contribution in [2.24, 2.45) is 16.7 Å². The average Bonchev–Trinajstić information content (AvgIpc) is 4.05. The van der Waals surface area contributed by atoms with Gasteiger partial charge in [-0.25, -0.2) is 5.43 Å². The van der Waals surface area contributed by atoms with Crippen LogP contribution in [0.3, 0.4) is 0 Å². The Morgan fingerprint density at radius 2 is 1.75 bits per heavy atom. The molecule has 3 amide bonds. The van der Waals surface area contributed by atoms with Crippen molar-refractivity contribution in [3.63, 3.8) is 0 Å². The zero-order valence-electron chi connectivity index (χ0n) is 44.1. The van der Waals surface area contributed by atoms with Crippen molar-refractivity contribution in [3.05, 3.63) is 77.6 Å². The van der Waals surface area contributed by atoms with E-state index in [2.05, 4.69) is 122 Å². The number of benzene rings is 2. The minimum Gasteiger partial charge on any atom is -0.464 e. The second-order valence-corrected chi connectivity index (χ2v) is 22.9. The largest absolute Gasteiger partial charge is 0.464 e. The molecule has 14 nitrogen and oxygen atoms in total. The van der Waals surface area contributed by atoms with E-state index in [1.54, 1.807) is 7.11 Å². The third kappa shape index (κ3) is 10.5. The van der Waals surface area contributed by atoms with Gasteiger partial charge in [-0.05, 0) is 131 Å². The van der Waals surface area contributed by atoms with Crippen LogP contribution in [0.5, 0.6) is 0 Å². The third-order valence-corrected chi connectivity index (χ3v) is 16.2. The van der Waals surface area contributed by atoms with E-state index in [0.717, 1.165) is 89.0 Å². The molecule has 5 aliphatic rings. The molecule has 4 saturated heterocycles. The Balaban J connectivity index is 1.02. The normalized spacial score (nSPS) is 23.9. The first kappa shape index (κ1) is 51.3. The minimum atomic E-state index is -0.928. The molecule has 72 heavy (non-hydrogen) atoms. The summed E-state index contributed by atoms with van der Waals surface area (Å²) in [6.07, 6.45) is 6.43. The molecule has 2 N–H and O–H groups in total. The molecular weight excluding hydrogens is 905 g/mol. The minimum absolute atomic E-state index is 0.0564. The lowest BCUT2D eigenvalue weighted by atomic mass is 9.84. The van der Waals surface area contributed by atoms with E-state index in [1.165, 1.54) is 5.01 Å². The van der Waals surface area contributed by atoms with Gasteiger partial charge in [0.25, 0.3) is 11.8 Å². The molecule has 14 heteroatoms. The number of aromatic nitrogens is 2. The maximum atomic E-state index is 14.9. The molecule has 384 valence electrons. The highest BCUT2D eigenvalue weighted by Crippen LogP contribution is 2.43. The number of methoxy groups -OCH3 is 1. The Morgan fingerprint density at radius 3 is 2.49 bits per heavy atom. The molecule has 5 atom stereocenters. The molecule has 0 unspecified atom stereocenters. The van der Waals surface area contributed by atoms with Crippen molar-refractivity contribution >= 4 is 34.6 Å². The SMILES string of the molecule is CCn1c(-c2cccnc2[C@H](C)OC)c2c3cc(ccc31)-c1cccc(c1)C[C@H](NC(=O)[C@H](C(C)C)N1CC[C@]3(CCN(C(=O)C#CC(C)(C)N4CCC4)C3)C1)C(=O)N1CCC[C@H](N1)C(=O)OCC(C)(C)C2. The van der Waals surface area contributed by atoms with E-state index in [-0.39, 0.29) is 53.7 Å². The number of likely N-dealkylation sites (tertiary alicyclic amines) is 3. The van der Waals surface area contributed by atoms with Crippen LogP contribution in [0.1, 0.15) is 110 Å². The molecule has 4 fully saturated rings. The van der Waals surface area contributed by atoms with Gasteiger partial charge in [-0.15, -0.1) is 0 Å². The first-order valence-electron chi connectivity index (χ1n) is 26.5. The summed E-state index contributed by atoms with van der Waals surface area (Å²) in [5.41, 5.74) is 10.4. The Kier molecular flexibility index (Phi) is 14.8. The summed E-state index contributed by atoms with van der Waals surface area (Å²) >= 11 is 0. The van der Waals surface area contributed by atoms with Gasteiger partial charge in [0.1, 0.15) is 12.1 Å². The van der Waals surface area contributed by atoms with Crippen molar-refractivity contribution < 1.29 is 28.7 Å². The molecule has 0 saturated carbocycles. The summed E-state index contributed by atoms with van der Waals surface area (Å²) in [6.45, 7) is 22.7. The van der Waals surface area contributed by atoms with Crippen molar-refractivity contribution in [1.82, 2.24) is 40.0 Å². The predicted molar refractivity (Wildman–Crippen MR) is 280 cm³/mol. The van der Waals surface area contributed by atoms with E-state index in [9.17, 15) is 19.2 Å². The second kappa shape index (κ2) is 20.7. The number of amides is 3. The molecule has 9 rings (SSSR count). The number of hydrogen-bond donors (Lipinski definition) is 2. The first-order valence-corrected chi connectivity index (χ1v) is 26.5. The fraction of sp³-hybridized carbons (Fsp3) is 0.569. The Hall–Kier alpha value is -5.59. The number of rotatable bonds is 9. The van der Waals surface area contributed by atoms with Gasteiger partial charge >= 0.3 is 5.97 Å². The molecule has 6 bridgehead atoms. The molecule has 0 radical (unpaired) electrons. The van der Waals surface area contributed by atoms with Crippen molar-refractivity contribution in [3.8, 4) is 34.2 Å². The van der Waals surface area contributed by atoms with Crippen LogP contribution in [0.4, 0.5) is 0 Å². The smallest absolute Gasteiger partial charge is 0.324 e. The Labute approximate surface area is 426 Å². The number of ether oxygens (including phenoxy) is 2. The highest BCUT2D eigenvalue weighted by atomic mass is 16.5. The molecular formula is C58H76N8O6. The number of carbonyl (C=O) groups excluding carboxylic acids is 4. The lowest BCUT2D eigenvalue weighted by Crippen LogP contribution is -2.62. The van der Waals surface area contributed by atoms with Gasteiger partial charge in [0.2, 0.25) is 5.91 Å². The van der Waals surface area contributed by atoms with E-state index >= 15 is 0 Å². The summed E-state index contributed by atoms with van der Waals surface area (Å²) in [6, 6.07) is 16.8. The number of nitrogens with zero attached hydrogens (tertiary/aromatic N) is 6. The quantitative estimate of drug-likeness (QED) is 0.131. The Morgan fingerprint density at radius 1 is 0.972 bits per heavy atom. The number of pyridine rings is 1. The van der Waals surface area contributed by atoms with E-state index in [1.807, 2.05) is 36.2 Å². The monoisotopic (exact) mass is 981 g/mol. The van der Waals surface area contributed by atoms with Gasteiger partial charge < -0.3 is 24.3 Å². The van der Waals surface area contributed by atoms with Crippen LogP contribution in [0.25, 0.3) is 33.3 Å². The van der Waals surface area contributed by atoms with Gasteiger partial charge in [0.05, 0.1) is 35.7 Å². The van der Waals surface area contributed by atoms with E-state index in [0.29, 0.717) is 52.0 Å². The highest BCUT2D eigenvalue weighted by Gasteiger charge is 2.48. The fourth-order valence-corrected chi connectivity index (χ4v) is 12.0. The van der Waals surface area contributed by atoms with Gasteiger partial charge in [-0.1, -0.05) is 63.9 Å². The number of hydrogen-bond acceptors (Lipinski definition) is 10. The molecule has 4 aromatic rings. The van der Waals surface area contributed by atoms with Gasteiger partial charge in [-0.3, -0.25) is 39.0 Å². The van der Waals surface area contributed by atoms with Crippen LogP contribution in [0.2, 0.25) is 0 Å². The zero-order chi connectivity index (χ0) is 51.1. The summed E-state index contributed by atoms with van der Waals surface area (Å²) in [4.78, 5) is 68.6. The molecule has 7 heterocycles. The van der Waals surface area contributed by atoms with Crippen LogP contribution in [0.15, 0.2) is 60.8 Å². The number of fused-ring (bicyclic) bond motifs is 6. The van der Waals surface area contributed by atoms with Crippen molar-refractivity contribution in [1.29, 1.82) is 0 Å². The zero-order valence-corrected chi connectivity index (χ0v) is 44.1. The fourth-order valence-electron chi connectivity index (χ4n) is 12.0. The first-order chi connectivity index (χ1) is 34.4. The maximum Gasteiger partial charge on any atom is 0.324 e. The van der Waals surface area contributed by atoms with E-state index in [4.69, 9.17) is 14.5 Å². The summed E-state index contributed by atoms with van der Waals surface area (Å²) in [7, 11) is 1.71. The lowest BCUT2D eigenvalue weighted by Gasteiger charge is -2.41. The maximum absolute atomic E-state index is 14.9. The van der Waals surface area contributed by atoms with Gasteiger partial charge in [0.15, 0.2) is 0 Å². The van der Waals surface area contributed by atoms with Crippen LogP contribution in [0, 0.1) is 28.6 Å². The van der Waals surface area contributed by atoms with Crippen LogP contribution >= 0.6 is 0 Å². The second-order valence-electron chi connectivity index (χ2n) is 22.9.